The maximum absolute atomic E-state index is 13.5. The fourth-order valence-corrected chi connectivity index (χ4v) is 9.14. The number of nitrogens with one attached hydrogen (secondary N) is 2. The number of benzene rings is 2. The third-order valence-electron chi connectivity index (χ3n) is 12.2. The maximum Gasteiger partial charge on any atom is 0.222 e. The van der Waals surface area contributed by atoms with Gasteiger partial charge in [0.25, 0.3) is 0 Å². The molecule has 298 valence electrons. The average Bonchev–Trinajstić information content (AvgIpc) is 3.92. The number of aliphatic hydroxyl groups is 5. The molecule has 3 aromatic rings. The first-order valence-corrected chi connectivity index (χ1v) is 19.2. The molecule has 1 saturated heterocycles. The molecule has 5 aliphatic rings. The number of hydrogen-bond donors (Lipinski definition) is 8. The van der Waals surface area contributed by atoms with Crippen LogP contribution >= 0.6 is 0 Å². The fraction of sp³-hybridized carbons (Fsp3) is 0.488. The molecule has 15 heteroatoms. The first-order valence-electron chi connectivity index (χ1n) is 19.2. The zero-order valence-corrected chi connectivity index (χ0v) is 31.0. The predicted octanol–water partition coefficient (Wildman–Crippen LogP) is 0.555. The molecule has 2 fully saturated rings. The maximum atomic E-state index is 13.5. The number of aryl methyl sites for hydroxylation is 1. The summed E-state index contributed by atoms with van der Waals surface area (Å²) in [6.07, 6.45) is 2.29. The number of amides is 1. The van der Waals surface area contributed by atoms with E-state index >= 15 is 0 Å². The van der Waals surface area contributed by atoms with Crippen molar-refractivity contribution in [2.75, 3.05) is 26.3 Å². The second-order valence-corrected chi connectivity index (χ2v) is 16.0. The summed E-state index contributed by atoms with van der Waals surface area (Å²) in [5.74, 6) is 1.22. The van der Waals surface area contributed by atoms with Crippen molar-refractivity contribution in [3.63, 3.8) is 0 Å². The van der Waals surface area contributed by atoms with Crippen LogP contribution in [0.15, 0.2) is 74.1 Å². The molecule has 1 saturated carbocycles. The molecule has 4 aliphatic heterocycles. The van der Waals surface area contributed by atoms with Crippen molar-refractivity contribution in [1.29, 1.82) is 0 Å². The Morgan fingerprint density at radius 3 is 2.66 bits per heavy atom. The highest BCUT2D eigenvalue weighted by Gasteiger charge is 2.53. The van der Waals surface area contributed by atoms with E-state index in [1.807, 2.05) is 12.3 Å². The van der Waals surface area contributed by atoms with Crippen molar-refractivity contribution in [2.45, 2.75) is 87.5 Å². The number of phenols is 1. The summed E-state index contributed by atoms with van der Waals surface area (Å²) in [5, 5.41) is 66.6. The second-order valence-electron chi connectivity index (χ2n) is 16.0. The highest BCUT2D eigenvalue weighted by atomic mass is 17.2. The molecule has 8 rings (SSSR count). The van der Waals surface area contributed by atoms with Gasteiger partial charge >= 0.3 is 0 Å². The second kappa shape index (κ2) is 15.1. The smallest absolute Gasteiger partial charge is 0.222 e. The summed E-state index contributed by atoms with van der Waals surface area (Å²) in [7, 11) is 0. The molecular weight excluding hydrogens is 726 g/mol. The Morgan fingerprint density at radius 1 is 1.12 bits per heavy atom. The highest BCUT2D eigenvalue weighted by Crippen LogP contribution is 2.50. The summed E-state index contributed by atoms with van der Waals surface area (Å²) in [6, 6.07) is 9.09. The van der Waals surface area contributed by atoms with Gasteiger partial charge in [0.2, 0.25) is 17.2 Å². The number of allylic oxidation sites excluding steroid dienone is 1. The molecule has 1 amide bonds. The summed E-state index contributed by atoms with van der Waals surface area (Å²) in [6.45, 7) is 1.31. The van der Waals surface area contributed by atoms with Crippen LogP contribution in [0.2, 0.25) is 0 Å². The molecule has 1 aliphatic carbocycles. The van der Waals surface area contributed by atoms with Crippen LogP contribution in [0, 0.1) is 18.8 Å². The Balaban J connectivity index is 1.16. The van der Waals surface area contributed by atoms with E-state index in [-0.39, 0.29) is 41.8 Å². The fourth-order valence-electron chi connectivity index (χ4n) is 9.14. The van der Waals surface area contributed by atoms with E-state index in [1.165, 1.54) is 30.3 Å². The molecule has 2 aromatic carbocycles. The van der Waals surface area contributed by atoms with E-state index in [4.69, 9.17) is 18.9 Å². The Bertz CT molecular complexity index is 2150. The first kappa shape index (κ1) is 38.4. The molecule has 0 bridgehead atoms. The van der Waals surface area contributed by atoms with Crippen LogP contribution in [0.4, 0.5) is 5.69 Å². The lowest BCUT2D eigenvalue weighted by Crippen LogP contribution is -3.01. The van der Waals surface area contributed by atoms with E-state index in [0.29, 0.717) is 71.6 Å². The number of carbonyl (C=O) groups excluding carboxylic acids is 1. The largest absolute Gasteiger partial charge is 0.508 e. The van der Waals surface area contributed by atoms with Crippen LogP contribution < -0.4 is 20.4 Å². The molecule has 8 N–H and O–H groups in total. The Labute approximate surface area is 322 Å². The zero-order chi connectivity index (χ0) is 39.4. The number of aliphatic hydroxyl groups excluding tert-OH is 4. The number of hydrogen-bond acceptors (Lipinski definition) is 13. The number of phenolic OH excluding ortho intramolecular Hbond substituents is 1. The number of carbonyl (C=O) groups is 1. The minimum atomic E-state index is -2.25. The van der Waals surface area contributed by atoms with Gasteiger partial charge < -0.3 is 45.1 Å². The van der Waals surface area contributed by atoms with Gasteiger partial charge in [0.05, 0.1) is 12.0 Å². The van der Waals surface area contributed by atoms with Gasteiger partial charge in [-0.15, -0.1) is 0 Å². The number of aromatic hydroxyl groups is 1. The molecular formula is C41H48N3O12+. The first-order chi connectivity index (χ1) is 26.9. The van der Waals surface area contributed by atoms with Crippen molar-refractivity contribution < 1.29 is 59.3 Å². The van der Waals surface area contributed by atoms with Gasteiger partial charge in [-0.2, -0.15) is 0 Å². The van der Waals surface area contributed by atoms with Crippen LogP contribution in [-0.4, -0.2) is 105 Å². The summed E-state index contributed by atoms with van der Waals surface area (Å²) in [5.41, 5.74) is 0.698. The topological polar surface area (TPSA) is 225 Å². The van der Waals surface area contributed by atoms with E-state index in [2.05, 4.69) is 10.3 Å². The SMILES string of the molecule is Cc1cc(=O)c2cc3c(c([NH+]4C=C5N=CC=C5C4)c2o1)OC1(CCCC(C2CNC(=O)C2)C1)C(OOCC(O)(Cc1ccc(O)cc1)C(O)C(O)C(O)CO)C3. The van der Waals surface area contributed by atoms with Crippen LogP contribution in [-0.2, 0) is 27.4 Å². The third-order valence-corrected chi connectivity index (χ3v) is 12.2. The molecule has 0 radical (unpaired) electrons. The number of rotatable bonds is 12. The van der Waals surface area contributed by atoms with Crippen molar-refractivity contribution >= 4 is 28.8 Å². The lowest BCUT2D eigenvalue weighted by atomic mass is 9.68. The summed E-state index contributed by atoms with van der Waals surface area (Å²) in [4.78, 5) is 43.4. The lowest BCUT2D eigenvalue weighted by Gasteiger charge is -2.49. The standard InChI is InChI=1S/C41H47N3O12/c1-22-11-31(47)29-12-26-13-33(56-53-21-40(52,39(51)36(50)32(48)20-45)15-23-4-6-28(46)7-5-23)41(9-2-3-24(16-41)27-14-34(49)43-17-27)55-37(26)35(38(29)54-22)44-18-25-8-10-42-30(25)19-44/h4-8,10-12,19,24,27,32-33,36,39,45-46,48,50-52H,2-3,9,13-18,20-21H2,1H3,(H,43,49)/p+1. The Morgan fingerprint density at radius 2 is 1.93 bits per heavy atom. The van der Waals surface area contributed by atoms with E-state index in [0.717, 1.165) is 29.0 Å². The number of aliphatic imine (C=N–C) groups is 1. The number of nitrogens with zero attached hydrogens (tertiary/aromatic N) is 1. The van der Waals surface area contributed by atoms with Gasteiger partial charge in [0.15, 0.2) is 11.2 Å². The van der Waals surface area contributed by atoms with Gasteiger partial charge in [-0.3, -0.25) is 19.5 Å². The Hall–Kier alpha value is -4.45. The van der Waals surface area contributed by atoms with E-state index in [9.17, 15) is 40.2 Å². The van der Waals surface area contributed by atoms with Gasteiger partial charge in [0, 0.05) is 49.2 Å². The molecule has 1 spiro atoms. The Kier molecular flexibility index (Phi) is 10.4. The molecule has 56 heavy (non-hydrogen) atoms. The zero-order valence-electron chi connectivity index (χ0n) is 31.0. The van der Waals surface area contributed by atoms with E-state index < -0.39 is 48.8 Å². The van der Waals surface area contributed by atoms with Crippen molar-refractivity contribution in [1.82, 2.24) is 5.32 Å². The monoisotopic (exact) mass is 774 g/mol. The van der Waals surface area contributed by atoms with Crippen LogP contribution in [0.25, 0.3) is 11.0 Å². The average molecular weight is 775 g/mol. The summed E-state index contributed by atoms with van der Waals surface area (Å²) < 4.78 is 13.6. The third kappa shape index (κ3) is 7.18. The molecule has 9 unspecified atom stereocenters. The van der Waals surface area contributed by atoms with Crippen LogP contribution in [0.3, 0.4) is 0 Å². The van der Waals surface area contributed by atoms with Crippen LogP contribution in [0.1, 0.15) is 49.0 Å². The number of ether oxygens (including phenoxy) is 1. The molecule has 15 nitrogen and oxygen atoms in total. The van der Waals surface area contributed by atoms with Gasteiger partial charge in [-0.1, -0.05) is 12.1 Å². The van der Waals surface area contributed by atoms with Gasteiger partial charge in [-0.25, -0.2) is 9.78 Å². The quantitative estimate of drug-likeness (QED) is 0.0934. The van der Waals surface area contributed by atoms with Gasteiger partial charge in [0.1, 0.15) is 72.2 Å². The minimum absolute atomic E-state index is 0.00739. The van der Waals surface area contributed by atoms with Crippen molar-refractivity contribution in [3.8, 4) is 11.5 Å². The van der Waals surface area contributed by atoms with Crippen molar-refractivity contribution in [2.24, 2.45) is 16.8 Å². The highest BCUT2D eigenvalue weighted by molar-refractivity contribution is 5.90. The van der Waals surface area contributed by atoms with Gasteiger partial charge in [-0.05, 0) is 74.3 Å². The van der Waals surface area contributed by atoms with Crippen LogP contribution in [0.5, 0.6) is 11.5 Å². The normalized spacial score (nSPS) is 28.2. The molecule has 1 aromatic heterocycles. The van der Waals surface area contributed by atoms with Crippen molar-refractivity contribution in [3.05, 3.63) is 87.1 Å². The predicted molar refractivity (Wildman–Crippen MR) is 200 cm³/mol. The molecule has 9 atom stereocenters. The van der Waals surface area contributed by atoms with E-state index in [1.54, 1.807) is 19.2 Å². The molecule has 5 heterocycles. The number of quaternary nitrogens is 1. The minimum Gasteiger partial charge on any atom is -0.508 e. The number of fused-ring (bicyclic) bond motifs is 3. The lowest BCUT2D eigenvalue weighted by molar-refractivity contribution is -0.763. The summed E-state index contributed by atoms with van der Waals surface area (Å²) >= 11 is 0.